The molecule has 3 amide bonds. The number of nitrogens with zero attached hydrogens (tertiary/aromatic N) is 3. The third-order valence-electron chi connectivity index (χ3n) is 5.82. The van der Waals surface area contributed by atoms with Crippen molar-refractivity contribution in [2.75, 3.05) is 32.7 Å². The molecule has 1 aliphatic heterocycles. The number of ether oxygens (including phenoxy) is 2. The lowest BCUT2D eigenvalue weighted by molar-refractivity contribution is -0.127. The molecule has 0 radical (unpaired) electrons. The Morgan fingerprint density at radius 2 is 1.53 bits per heavy atom. The van der Waals surface area contributed by atoms with E-state index >= 15 is 0 Å². The van der Waals surface area contributed by atoms with Crippen LogP contribution in [0.2, 0.25) is 0 Å². The van der Waals surface area contributed by atoms with Crippen molar-refractivity contribution in [3.05, 3.63) is 35.9 Å². The lowest BCUT2D eigenvalue weighted by Crippen LogP contribution is -2.60. The lowest BCUT2D eigenvalue weighted by Gasteiger charge is -2.44. The van der Waals surface area contributed by atoms with Crippen molar-refractivity contribution in [3.8, 4) is 0 Å². The lowest BCUT2D eigenvalue weighted by atomic mass is 9.92. The minimum atomic E-state index is -0.958. The summed E-state index contributed by atoms with van der Waals surface area (Å²) in [6.07, 6.45) is -0.904. The van der Waals surface area contributed by atoms with Gasteiger partial charge in [0.2, 0.25) is 5.91 Å². The normalized spacial score (nSPS) is 17.4. The van der Waals surface area contributed by atoms with Crippen molar-refractivity contribution in [1.82, 2.24) is 14.7 Å². The molecule has 0 spiro atoms. The molecule has 1 fully saturated rings. The molecule has 1 aromatic carbocycles. The third-order valence-corrected chi connectivity index (χ3v) is 5.82. The zero-order chi connectivity index (χ0) is 27.3. The molecule has 0 saturated carbocycles. The minimum Gasteiger partial charge on any atom is -0.444 e. The molecule has 1 unspecified atom stereocenters. The Balaban J connectivity index is 2.33. The summed E-state index contributed by atoms with van der Waals surface area (Å²) in [7, 11) is 0. The zero-order valence-electron chi connectivity index (χ0n) is 23.2. The number of amides is 3. The Kier molecular flexibility index (Phi) is 9.40. The second kappa shape index (κ2) is 11.5. The number of piperazine rings is 1. The van der Waals surface area contributed by atoms with Crippen LogP contribution in [-0.2, 0) is 20.8 Å². The largest absolute Gasteiger partial charge is 0.444 e. The molecule has 2 rings (SSSR count). The van der Waals surface area contributed by atoms with E-state index in [-0.39, 0.29) is 25.2 Å². The number of carbonyl (C=O) groups excluding carboxylic acids is 3. The molecule has 2 N–H and O–H groups in total. The average molecular weight is 505 g/mol. The Labute approximate surface area is 215 Å². The van der Waals surface area contributed by atoms with Crippen LogP contribution >= 0.6 is 0 Å². The third kappa shape index (κ3) is 9.33. The molecule has 0 aliphatic carbocycles. The molecular weight excluding hydrogens is 460 g/mol. The van der Waals surface area contributed by atoms with Gasteiger partial charge in [-0.05, 0) is 61.0 Å². The number of carbonyl (C=O) groups is 3. The molecule has 1 heterocycles. The topological polar surface area (TPSA) is 105 Å². The van der Waals surface area contributed by atoms with Gasteiger partial charge >= 0.3 is 12.2 Å². The summed E-state index contributed by atoms with van der Waals surface area (Å²) in [5, 5.41) is 0. The Hall–Kier alpha value is -2.81. The second-order valence-electron chi connectivity index (χ2n) is 12.1. The molecule has 9 heteroatoms. The number of primary amides is 1. The number of hydrogen-bond donors (Lipinski definition) is 1. The molecule has 1 atom stereocenters. The first-order valence-electron chi connectivity index (χ1n) is 12.5. The van der Waals surface area contributed by atoms with E-state index in [9.17, 15) is 14.4 Å². The molecule has 1 aromatic rings. The fourth-order valence-electron chi connectivity index (χ4n) is 3.92. The smallest absolute Gasteiger partial charge is 0.410 e. The number of rotatable bonds is 7. The monoisotopic (exact) mass is 504 g/mol. The van der Waals surface area contributed by atoms with E-state index in [1.165, 1.54) is 4.90 Å². The fourth-order valence-corrected chi connectivity index (χ4v) is 3.92. The molecule has 0 aromatic heterocycles. The molecule has 36 heavy (non-hydrogen) atoms. The summed E-state index contributed by atoms with van der Waals surface area (Å²) in [6.45, 7) is 16.9. The van der Waals surface area contributed by atoms with E-state index in [0.29, 0.717) is 26.2 Å². The quantitative estimate of drug-likeness (QED) is 0.605. The van der Waals surface area contributed by atoms with E-state index in [2.05, 4.69) is 17.0 Å². The number of benzene rings is 1. The fraction of sp³-hybridized carbons (Fsp3) is 0.667. The van der Waals surface area contributed by atoms with Crippen LogP contribution < -0.4 is 5.73 Å². The van der Waals surface area contributed by atoms with Gasteiger partial charge in [0.25, 0.3) is 0 Å². The second-order valence-corrected chi connectivity index (χ2v) is 12.1. The van der Waals surface area contributed by atoms with Gasteiger partial charge < -0.3 is 25.0 Å². The van der Waals surface area contributed by atoms with Crippen LogP contribution in [0.1, 0.15) is 61.0 Å². The van der Waals surface area contributed by atoms with E-state index < -0.39 is 28.6 Å². The maximum Gasteiger partial charge on any atom is 0.410 e. The first kappa shape index (κ1) is 29.4. The van der Waals surface area contributed by atoms with Crippen molar-refractivity contribution in [1.29, 1.82) is 0 Å². The highest BCUT2D eigenvalue weighted by Crippen LogP contribution is 2.23. The van der Waals surface area contributed by atoms with Crippen molar-refractivity contribution >= 4 is 18.1 Å². The molecule has 1 saturated heterocycles. The first-order valence-corrected chi connectivity index (χ1v) is 12.5. The van der Waals surface area contributed by atoms with Gasteiger partial charge in [-0.1, -0.05) is 30.3 Å². The molecule has 9 nitrogen and oxygen atoms in total. The van der Waals surface area contributed by atoms with Gasteiger partial charge in [0, 0.05) is 45.3 Å². The van der Waals surface area contributed by atoms with E-state index in [4.69, 9.17) is 15.2 Å². The van der Waals surface area contributed by atoms with E-state index in [0.717, 1.165) is 5.56 Å². The maximum absolute atomic E-state index is 13.2. The van der Waals surface area contributed by atoms with Crippen molar-refractivity contribution in [2.45, 2.75) is 79.2 Å². The van der Waals surface area contributed by atoms with Gasteiger partial charge in [-0.2, -0.15) is 0 Å². The maximum atomic E-state index is 13.2. The van der Waals surface area contributed by atoms with Crippen LogP contribution in [0.15, 0.2) is 30.3 Å². The summed E-state index contributed by atoms with van der Waals surface area (Å²) in [4.78, 5) is 43.7. The average Bonchev–Trinajstić information content (AvgIpc) is 2.72. The van der Waals surface area contributed by atoms with Crippen molar-refractivity contribution < 1.29 is 23.9 Å². The van der Waals surface area contributed by atoms with Crippen LogP contribution in [0.4, 0.5) is 9.59 Å². The summed E-state index contributed by atoms with van der Waals surface area (Å²) >= 11 is 0. The van der Waals surface area contributed by atoms with Gasteiger partial charge in [0.15, 0.2) is 0 Å². The van der Waals surface area contributed by atoms with Crippen LogP contribution in [0.3, 0.4) is 0 Å². The van der Waals surface area contributed by atoms with E-state index in [1.54, 1.807) is 39.5 Å². The van der Waals surface area contributed by atoms with Gasteiger partial charge in [-0.3, -0.25) is 9.69 Å². The van der Waals surface area contributed by atoms with Gasteiger partial charge in [0.05, 0.1) is 5.41 Å². The van der Waals surface area contributed by atoms with Gasteiger partial charge in [-0.25, -0.2) is 9.59 Å². The Morgan fingerprint density at radius 3 is 2.06 bits per heavy atom. The number of nitrogens with two attached hydrogens (primary N) is 1. The molecule has 0 bridgehead atoms. The number of hydrogen-bond acceptors (Lipinski definition) is 6. The van der Waals surface area contributed by atoms with Crippen LogP contribution in [-0.4, -0.2) is 82.8 Å². The van der Waals surface area contributed by atoms with Crippen molar-refractivity contribution in [2.24, 2.45) is 11.1 Å². The Bertz CT molecular complexity index is 905. The zero-order valence-corrected chi connectivity index (χ0v) is 23.2. The van der Waals surface area contributed by atoms with Gasteiger partial charge in [-0.15, -0.1) is 0 Å². The predicted molar refractivity (Wildman–Crippen MR) is 139 cm³/mol. The molecule has 202 valence electrons. The van der Waals surface area contributed by atoms with Crippen LogP contribution in [0.25, 0.3) is 0 Å². The highest BCUT2D eigenvalue weighted by molar-refractivity contribution is 5.81. The molecule has 1 aliphatic rings. The first-order chi connectivity index (χ1) is 16.5. The SMILES string of the molecule is CC(C)(C)OC(=O)N1CCN(Cc2ccccc2)C(CN(CC(C)(C)C(N)=O)C(=O)OC(C)(C)C)C1. The highest BCUT2D eigenvalue weighted by atomic mass is 16.6. The summed E-state index contributed by atoms with van der Waals surface area (Å²) in [5.74, 6) is -0.503. The Morgan fingerprint density at radius 1 is 0.944 bits per heavy atom. The minimum absolute atomic E-state index is 0.0966. The predicted octanol–water partition coefficient (Wildman–Crippen LogP) is 3.86. The summed E-state index contributed by atoms with van der Waals surface area (Å²) < 4.78 is 11.3. The standard InChI is InChI=1S/C27H44N4O5/c1-25(2,3)35-23(33)30-15-14-29(16-20-12-10-9-11-13-20)21(17-30)18-31(19-27(7,8)22(28)32)24(34)36-26(4,5)6/h9-13,21H,14-19H2,1-8H3,(H2,28,32). The molecular formula is C27H44N4O5. The van der Waals surface area contributed by atoms with Crippen LogP contribution in [0, 0.1) is 5.41 Å². The summed E-state index contributed by atoms with van der Waals surface area (Å²) in [6, 6.07) is 9.85. The van der Waals surface area contributed by atoms with Gasteiger partial charge in [0.1, 0.15) is 11.2 Å². The van der Waals surface area contributed by atoms with E-state index in [1.807, 2.05) is 39.0 Å². The highest BCUT2D eigenvalue weighted by Gasteiger charge is 2.37. The van der Waals surface area contributed by atoms with Crippen molar-refractivity contribution in [3.63, 3.8) is 0 Å². The summed E-state index contributed by atoms with van der Waals surface area (Å²) in [5.41, 5.74) is 4.50. The van der Waals surface area contributed by atoms with Crippen LogP contribution in [0.5, 0.6) is 0 Å².